The molecule has 0 spiro atoms. The van der Waals surface area contributed by atoms with Gasteiger partial charge in [-0.2, -0.15) is 0 Å². The van der Waals surface area contributed by atoms with E-state index in [-0.39, 0.29) is 0 Å². The first kappa shape index (κ1) is 19.4. The molecule has 0 radical (unpaired) electrons. The van der Waals surface area contributed by atoms with Crippen molar-refractivity contribution in [1.82, 2.24) is 20.1 Å². The van der Waals surface area contributed by atoms with E-state index in [0.717, 1.165) is 22.2 Å². The Kier molecular flexibility index (Phi) is 5.24. The number of amides is 1. The van der Waals surface area contributed by atoms with Crippen LogP contribution >= 0.6 is 11.6 Å². The number of halogens is 1. The molecule has 1 fully saturated rings. The summed E-state index contributed by atoms with van der Waals surface area (Å²) in [5.74, 6) is 0.992. The fourth-order valence-electron chi connectivity index (χ4n) is 3.73. The fraction of sp³-hybridized carbons (Fsp3) is 0.333. The van der Waals surface area contributed by atoms with Gasteiger partial charge >= 0.3 is 6.09 Å². The number of hydrogen-bond acceptors (Lipinski definition) is 5. The summed E-state index contributed by atoms with van der Waals surface area (Å²) in [5, 5.41) is 19.6. The van der Waals surface area contributed by atoms with Gasteiger partial charge < -0.3 is 14.9 Å². The number of carbonyl (C=O) groups is 1. The minimum Gasteiger partial charge on any atom is -0.465 e. The highest BCUT2D eigenvalue weighted by atomic mass is 35.5. The van der Waals surface area contributed by atoms with Gasteiger partial charge in [0, 0.05) is 43.3 Å². The molecule has 0 unspecified atom stereocenters. The van der Waals surface area contributed by atoms with E-state index in [0.29, 0.717) is 42.9 Å². The number of piperazine rings is 1. The Morgan fingerprint density at radius 3 is 2.55 bits per heavy atom. The molecule has 1 aliphatic heterocycles. The first-order chi connectivity index (χ1) is 14.0. The molecule has 3 aromatic rings. The summed E-state index contributed by atoms with van der Waals surface area (Å²) in [6.45, 7) is 6.23. The number of anilines is 1. The monoisotopic (exact) mass is 411 g/mol. The molecule has 0 bridgehead atoms. The Bertz CT molecular complexity index is 1060. The van der Waals surface area contributed by atoms with Crippen LogP contribution in [0.25, 0.3) is 22.2 Å². The molecule has 4 rings (SSSR count). The third-order valence-corrected chi connectivity index (χ3v) is 5.46. The quantitative estimate of drug-likeness (QED) is 0.693. The van der Waals surface area contributed by atoms with Crippen molar-refractivity contribution in [2.75, 3.05) is 31.1 Å². The van der Waals surface area contributed by atoms with Crippen LogP contribution in [0.4, 0.5) is 10.6 Å². The Balaban J connectivity index is 1.82. The van der Waals surface area contributed by atoms with Crippen molar-refractivity contribution < 1.29 is 9.90 Å². The number of rotatable bonds is 3. The standard InChI is InChI=1S/C21H22ClN5O2/c1-13(2)15-5-3-4-6-16(15)18-17-11-14(22)12-23-19(17)20(25-24-18)26-7-9-27(10-8-26)21(28)29/h3-6,11-13H,7-10H2,1-2H3,(H,28,29). The summed E-state index contributed by atoms with van der Waals surface area (Å²) in [6, 6.07) is 10.0. The summed E-state index contributed by atoms with van der Waals surface area (Å²) in [7, 11) is 0. The highest BCUT2D eigenvalue weighted by molar-refractivity contribution is 6.31. The lowest BCUT2D eigenvalue weighted by Crippen LogP contribution is -2.48. The molecular formula is C21H22ClN5O2. The van der Waals surface area contributed by atoms with Crippen LogP contribution in [-0.2, 0) is 0 Å². The fourth-order valence-corrected chi connectivity index (χ4v) is 3.89. The van der Waals surface area contributed by atoms with Crippen molar-refractivity contribution in [3.05, 3.63) is 47.1 Å². The number of pyridine rings is 1. The molecule has 29 heavy (non-hydrogen) atoms. The van der Waals surface area contributed by atoms with Crippen molar-refractivity contribution in [2.24, 2.45) is 0 Å². The Hall–Kier alpha value is -2.93. The van der Waals surface area contributed by atoms with Crippen LogP contribution in [0.15, 0.2) is 36.5 Å². The smallest absolute Gasteiger partial charge is 0.407 e. The van der Waals surface area contributed by atoms with Crippen LogP contribution in [0.5, 0.6) is 0 Å². The molecule has 7 nitrogen and oxygen atoms in total. The van der Waals surface area contributed by atoms with Gasteiger partial charge in [-0.1, -0.05) is 49.7 Å². The first-order valence-electron chi connectivity index (χ1n) is 9.59. The van der Waals surface area contributed by atoms with Crippen molar-refractivity contribution in [2.45, 2.75) is 19.8 Å². The zero-order chi connectivity index (χ0) is 20.5. The highest BCUT2D eigenvalue weighted by Crippen LogP contribution is 2.35. The van der Waals surface area contributed by atoms with E-state index in [1.165, 1.54) is 10.5 Å². The maximum atomic E-state index is 11.2. The third-order valence-electron chi connectivity index (χ3n) is 5.25. The van der Waals surface area contributed by atoms with Gasteiger partial charge in [-0.25, -0.2) is 4.79 Å². The van der Waals surface area contributed by atoms with Crippen LogP contribution in [0, 0.1) is 0 Å². The summed E-state index contributed by atoms with van der Waals surface area (Å²) in [4.78, 5) is 19.2. The largest absolute Gasteiger partial charge is 0.465 e. The molecular weight excluding hydrogens is 390 g/mol. The zero-order valence-corrected chi connectivity index (χ0v) is 17.1. The predicted octanol–water partition coefficient (Wildman–Crippen LogP) is 4.27. The number of aromatic nitrogens is 3. The minimum absolute atomic E-state index is 0.332. The van der Waals surface area contributed by atoms with E-state index in [1.807, 2.05) is 29.2 Å². The maximum Gasteiger partial charge on any atom is 0.407 e. The van der Waals surface area contributed by atoms with E-state index < -0.39 is 6.09 Å². The van der Waals surface area contributed by atoms with Crippen LogP contribution in [0.2, 0.25) is 5.02 Å². The lowest BCUT2D eigenvalue weighted by Gasteiger charge is -2.33. The van der Waals surface area contributed by atoms with Gasteiger partial charge in [0.2, 0.25) is 0 Å². The van der Waals surface area contributed by atoms with Crippen molar-refractivity contribution >= 4 is 34.4 Å². The molecule has 8 heteroatoms. The Morgan fingerprint density at radius 2 is 1.86 bits per heavy atom. The number of benzene rings is 1. The van der Waals surface area contributed by atoms with Gasteiger partial charge in [-0.3, -0.25) is 4.98 Å². The molecule has 1 saturated heterocycles. The van der Waals surface area contributed by atoms with E-state index >= 15 is 0 Å². The van der Waals surface area contributed by atoms with Crippen LogP contribution in [-0.4, -0.2) is 57.5 Å². The maximum absolute atomic E-state index is 11.2. The molecule has 0 saturated carbocycles. The summed E-state index contributed by atoms with van der Waals surface area (Å²) >= 11 is 6.28. The van der Waals surface area contributed by atoms with Crippen LogP contribution in [0.1, 0.15) is 25.3 Å². The molecule has 1 aliphatic rings. The van der Waals surface area contributed by atoms with Gasteiger partial charge in [0.05, 0.1) is 5.02 Å². The van der Waals surface area contributed by atoms with Crippen molar-refractivity contribution in [3.8, 4) is 11.3 Å². The molecule has 3 heterocycles. The second kappa shape index (κ2) is 7.83. The summed E-state index contributed by atoms with van der Waals surface area (Å²) in [5.41, 5.74) is 3.69. The van der Waals surface area contributed by atoms with Crippen LogP contribution < -0.4 is 4.90 Å². The normalized spacial score (nSPS) is 14.6. The van der Waals surface area contributed by atoms with E-state index in [9.17, 15) is 9.90 Å². The van der Waals surface area contributed by atoms with Crippen molar-refractivity contribution in [3.63, 3.8) is 0 Å². The van der Waals surface area contributed by atoms with Gasteiger partial charge in [-0.05, 0) is 17.5 Å². The number of fused-ring (bicyclic) bond motifs is 1. The topological polar surface area (TPSA) is 82.5 Å². The third kappa shape index (κ3) is 3.70. The lowest BCUT2D eigenvalue weighted by atomic mass is 9.94. The van der Waals surface area contributed by atoms with Crippen LogP contribution in [0.3, 0.4) is 0 Å². The molecule has 150 valence electrons. The molecule has 0 aliphatic carbocycles. The molecule has 2 aromatic heterocycles. The lowest BCUT2D eigenvalue weighted by molar-refractivity contribution is 0.142. The SMILES string of the molecule is CC(C)c1ccccc1-c1nnc(N2CCN(C(=O)O)CC2)c2ncc(Cl)cc12. The molecule has 1 N–H and O–H groups in total. The summed E-state index contributed by atoms with van der Waals surface area (Å²) < 4.78 is 0. The molecule has 1 aromatic carbocycles. The predicted molar refractivity (Wildman–Crippen MR) is 114 cm³/mol. The van der Waals surface area contributed by atoms with Crippen molar-refractivity contribution in [1.29, 1.82) is 0 Å². The van der Waals surface area contributed by atoms with Gasteiger partial charge in [0.15, 0.2) is 5.82 Å². The van der Waals surface area contributed by atoms with E-state index in [1.54, 1.807) is 6.20 Å². The second-order valence-corrected chi connectivity index (χ2v) is 7.86. The average Bonchev–Trinajstić information content (AvgIpc) is 2.73. The average molecular weight is 412 g/mol. The summed E-state index contributed by atoms with van der Waals surface area (Å²) in [6.07, 6.45) is 0.715. The first-order valence-corrected chi connectivity index (χ1v) is 9.97. The Morgan fingerprint density at radius 1 is 1.14 bits per heavy atom. The highest BCUT2D eigenvalue weighted by Gasteiger charge is 2.25. The van der Waals surface area contributed by atoms with Gasteiger partial charge in [-0.15, -0.1) is 10.2 Å². The Labute approximate surface area is 173 Å². The molecule has 1 amide bonds. The van der Waals surface area contributed by atoms with Gasteiger partial charge in [0.1, 0.15) is 11.2 Å². The number of carboxylic acid groups (broad SMARTS) is 1. The number of nitrogens with zero attached hydrogens (tertiary/aromatic N) is 5. The van der Waals surface area contributed by atoms with E-state index in [4.69, 9.17) is 11.6 Å². The second-order valence-electron chi connectivity index (χ2n) is 7.42. The van der Waals surface area contributed by atoms with Gasteiger partial charge in [0.25, 0.3) is 0 Å². The minimum atomic E-state index is -0.897. The van der Waals surface area contributed by atoms with E-state index in [2.05, 4.69) is 35.1 Å². The molecule has 0 atom stereocenters. The number of hydrogen-bond donors (Lipinski definition) is 1. The zero-order valence-electron chi connectivity index (χ0n) is 16.3.